The van der Waals surface area contributed by atoms with E-state index < -0.39 is 0 Å². The number of para-hydroxylation sites is 1. The van der Waals surface area contributed by atoms with Crippen LogP contribution in [0.3, 0.4) is 0 Å². The van der Waals surface area contributed by atoms with Crippen molar-refractivity contribution in [1.82, 2.24) is 15.3 Å². The summed E-state index contributed by atoms with van der Waals surface area (Å²) >= 11 is 0. The van der Waals surface area contributed by atoms with Crippen LogP contribution in [0.1, 0.15) is 25.5 Å². The Balaban J connectivity index is 1.70. The number of benzene rings is 2. The normalized spacial score (nSPS) is 11.6. The fourth-order valence-corrected chi connectivity index (χ4v) is 2.46. The van der Waals surface area contributed by atoms with Gasteiger partial charge in [0.2, 0.25) is 5.91 Å². The van der Waals surface area contributed by atoms with Crippen LogP contribution in [0.5, 0.6) is 11.8 Å². The second-order valence-electron chi connectivity index (χ2n) is 5.71. The van der Waals surface area contributed by atoms with Crippen LogP contribution in [0.15, 0.2) is 67.0 Å². The summed E-state index contributed by atoms with van der Waals surface area (Å²) in [7, 11) is 0. The van der Waals surface area contributed by atoms with E-state index in [0.29, 0.717) is 11.8 Å². The first-order valence-corrected chi connectivity index (χ1v) is 8.04. The van der Waals surface area contributed by atoms with E-state index in [1.54, 1.807) is 12.4 Å². The smallest absolute Gasteiger partial charge is 0.321 e. The van der Waals surface area contributed by atoms with Crippen molar-refractivity contribution in [2.24, 2.45) is 0 Å². The van der Waals surface area contributed by atoms with E-state index in [1.165, 1.54) is 6.92 Å². The Bertz CT molecular complexity index is 831. The molecule has 3 aromatic rings. The van der Waals surface area contributed by atoms with Crippen molar-refractivity contribution in [3.8, 4) is 22.9 Å². The standard InChI is InChI=1S/C20H19N3O2/c1-14(23-15(2)24)16-8-10-17(11-9-16)18-12-21-20(22-13-18)25-19-6-4-3-5-7-19/h3-14H,1-2H3,(H,23,24)/t14-/m0/s1. The molecule has 126 valence electrons. The van der Waals surface area contributed by atoms with Crippen molar-refractivity contribution in [1.29, 1.82) is 0 Å². The predicted molar refractivity (Wildman–Crippen MR) is 96.2 cm³/mol. The first-order chi connectivity index (χ1) is 12.1. The van der Waals surface area contributed by atoms with Gasteiger partial charge in [-0.15, -0.1) is 0 Å². The largest absolute Gasteiger partial charge is 0.424 e. The van der Waals surface area contributed by atoms with Crippen molar-refractivity contribution in [2.45, 2.75) is 19.9 Å². The van der Waals surface area contributed by atoms with E-state index >= 15 is 0 Å². The third kappa shape index (κ3) is 4.41. The number of carbonyl (C=O) groups excluding carboxylic acids is 1. The van der Waals surface area contributed by atoms with Crippen LogP contribution in [0.4, 0.5) is 0 Å². The molecule has 0 bridgehead atoms. The zero-order valence-electron chi connectivity index (χ0n) is 14.1. The number of nitrogens with one attached hydrogen (secondary N) is 1. The van der Waals surface area contributed by atoms with Gasteiger partial charge in [0.25, 0.3) is 0 Å². The van der Waals surface area contributed by atoms with E-state index in [1.807, 2.05) is 61.5 Å². The molecule has 2 aromatic carbocycles. The van der Waals surface area contributed by atoms with Gasteiger partial charge in [-0.1, -0.05) is 42.5 Å². The average molecular weight is 333 g/mol. The summed E-state index contributed by atoms with van der Waals surface area (Å²) in [6.45, 7) is 3.47. The van der Waals surface area contributed by atoms with E-state index in [2.05, 4.69) is 15.3 Å². The first-order valence-electron chi connectivity index (χ1n) is 8.04. The lowest BCUT2D eigenvalue weighted by Crippen LogP contribution is -2.23. The molecule has 0 aliphatic rings. The molecule has 1 aromatic heterocycles. The molecule has 0 spiro atoms. The molecule has 0 fully saturated rings. The molecule has 1 heterocycles. The summed E-state index contributed by atoms with van der Waals surface area (Å²) in [5.74, 6) is 0.658. The van der Waals surface area contributed by atoms with Gasteiger partial charge in [0.15, 0.2) is 0 Å². The van der Waals surface area contributed by atoms with E-state index in [9.17, 15) is 4.79 Å². The molecular weight excluding hydrogens is 314 g/mol. The van der Waals surface area contributed by atoms with Crippen LogP contribution >= 0.6 is 0 Å². The maximum absolute atomic E-state index is 11.1. The Hall–Kier alpha value is -3.21. The number of aromatic nitrogens is 2. The monoisotopic (exact) mass is 333 g/mol. The molecule has 1 atom stereocenters. The minimum atomic E-state index is -0.0426. The molecule has 0 aliphatic heterocycles. The second kappa shape index (κ2) is 7.57. The zero-order valence-corrected chi connectivity index (χ0v) is 14.1. The molecular formula is C20H19N3O2. The number of amides is 1. The van der Waals surface area contributed by atoms with Gasteiger partial charge < -0.3 is 10.1 Å². The van der Waals surface area contributed by atoms with Crippen LogP contribution in [-0.4, -0.2) is 15.9 Å². The van der Waals surface area contributed by atoms with Crippen molar-refractivity contribution in [3.05, 3.63) is 72.6 Å². The predicted octanol–water partition coefficient (Wildman–Crippen LogP) is 4.13. The van der Waals surface area contributed by atoms with Crippen LogP contribution in [0.25, 0.3) is 11.1 Å². The van der Waals surface area contributed by atoms with Crippen LogP contribution in [0.2, 0.25) is 0 Å². The minimum absolute atomic E-state index is 0.0237. The van der Waals surface area contributed by atoms with Gasteiger partial charge in [-0.05, 0) is 30.2 Å². The third-order valence-electron chi connectivity index (χ3n) is 3.74. The molecule has 0 radical (unpaired) electrons. The quantitative estimate of drug-likeness (QED) is 0.762. The Morgan fingerprint density at radius 1 is 0.960 bits per heavy atom. The summed E-state index contributed by atoms with van der Waals surface area (Å²) in [4.78, 5) is 19.7. The molecule has 0 unspecified atom stereocenters. The maximum Gasteiger partial charge on any atom is 0.321 e. The third-order valence-corrected chi connectivity index (χ3v) is 3.74. The Morgan fingerprint density at radius 3 is 2.20 bits per heavy atom. The van der Waals surface area contributed by atoms with E-state index in [4.69, 9.17) is 4.74 Å². The maximum atomic E-state index is 11.1. The number of hydrogen-bond donors (Lipinski definition) is 1. The molecule has 1 amide bonds. The number of nitrogens with zero attached hydrogens (tertiary/aromatic N) is 2. The summed E-state index contributed by atoms with van der Waals surface area (Å²) in [5, 5.41) is 2.87. The SMILES string of the molecule is CC(=O)N[C@@H](C)c1ccc(-c2cnc(Oc3ccccc3)nc2)cc1. The van der Waals surface area contributed by atoms with Crippen LogP contribution in [0, 0.1) is 0 Å². The highest BCUT2D eigenvalue weighted by atomic mass is 16.5. The number of ether oxygens (including phenoxy) is 1. The zero-order chi connectivity index (χ0) is 17.6. The molecule has 5 nitrogen and oxygen atoms in total. The molecule has 0 aliphatic carbocycles. The molecule has 3 rings (SSSR count). The van der Waals surface area contributed by atoms with E-state index in [0.717, 1.165) is 16.7 Å². The van der Waals surface area contributed by atoms with Crippen molar-refractivity contribution < 1.29 is 9.53 Å². The second-order valence-corrected chi connectivity index (χ2v) is 5.71. The number of hydrogen-bond acceptors (Lipinski definition) is 4. The summed E-state index contributed by atoms with van der Waals surface area (Å²) in [6.07, 6.45) is 3.47. The molecule has 5 heteroatoms. The minimum Gasteiger partial charge on any atom is -0.424 e. The van der Waals surface area contributed by atoms with Gasteiger partial charge in [0.1, 0.15) is 5.75 Å². The topological polar surface area (TPSA) is 64.1 Å². The van der Waals surface area contributed by atoms with Crippen molar-refractivity contribution in [3.63, 3.8) is 0 Å². The van der Waals surface area contributed by atoms with Gasteiger partial charge in [-0.2, -0.15) is 0 Å². The van der Waals surface area contributed by atoms with Gasteiger partial charge in [-0.3, -0.25) is 4.79 Å². The van der Waals surface area contributed by atoms with E-state index in [-0.39, 0.29) is 11.9 Å². The number of carbonyl (C=O) groups is 1. The highest BCUT2D eigenvalue weighted by Crippen LogP contribution is 2.23. The summed E-state index contributed by atoms with van der Waals surface area (Å²) < 4.78 is 5.59. The summed E-state index contributed by atoms with van der Waals surface area (Å²) in [6, 6.07) is 17.7. The lowest BCUT2D eigenvalue weighted by atomic mass is 10.0. The van der Waals surface area contributed by atoms with Gasteiger partial charge >= 0.3 is 6.01 Å². The molecule has 0 saturated carbocycles. The average Bonchev–Trinajstić information content (AvgIpc) is 2.63. The lowest BCUT2D eigenvalue weighted by molar-refractivity contribution is -0.119. The summed E-state index contributed by atoms with van der Waals surface area (Å²) in [5.41, 5.74) is 2.95. The van der Waals surface area contributed by atoms with Gasteiger partial charge in [-0.25, -0.2) is 9.97 Å². The molecule has 0 saturated heterocycles. The fraction of sp³-hybridized carbons (Fsp3) is 0.150. The Kier molecular flexibility index (Phi) is 5.04. The van der Waals surface area contributed by atoms with Crippen molar-refractivity contribution in [2.75, 3.05) is 0 Å². The molecule has 25 heavy (non-hydrogen) atoms. The van der Waals surface area contributed by atoms with Crippen molar-refractivity contribution >= 4 is 5.91 Å². The Morgan fingerprint density at radius 2 is 1.60 bits per heavy atom. The lowest BCUT2D eigenvalue weighted by Gasteiger charge is -2.13. The highest BCUT2D eigenvalue weighted by molar-refractivity contribution is 5.73. The molecule has 1 N–H and O–H groups in total. The first kappa shape index (κ1) is 16.6. The van der Waals surface area contributed by atoms with Gasteiger partial charge in [0, 0.05) is 24.9 Å². The van der Waals surface area contributed by atoms with Crippen LogP contribution in [-0.2, 0) is 4.79 Å². The Labute approximate surface area is 146 Å². The highest BCUT2D eigenvalue weighted by Gasteiger charge is 2.07. The van der Waals surface area contributed by atoms with Crippen LogP contribution < -0.4 is 10.1 Å². The van der Waals surface area contributed by atoms with Gasteiger partial charge in [0.05, 0.1) is 6.04 Å². The number of rotatable bonds is 5. The fourth-order valence-electron chi connectivity index (χ4n) is 2.46.